The Morgan fingerprint density at radius 2 is 1.79 bits per heavy atom. The molecule has 0 bridgehead atoms. The largest absolute Gasteiger partial charge is 0.370 e. The summed E-state index contributed by atoms with van der Waals surface area (Å²) in [5, 5.41) is 0. The van der Waals surface area contributed by atoms with Gasteiger partial charge in [-0.2, -0.15) is 0 Å². The van der Waals surface area contributed by atoms with Crippen LogP contribution in [0.4, 0.5) is 10.1 Å². The number of carbonyl (C=O) groups excluding carboxylic acids is 1. The molecule has 0 aliphatic carbocycles. The van der Waals surface area contributed by atoms with Gasteiger partial charge in [0.2, 0.25) is 0 Å². The van der Waals surface area contributed by atoms with Crippen LogP contribution < -0.4 is 4.90 Å². The van der Waals surface area contributed by atoms with Gasteiger partial charge < -0.3 is 4.90 Å². The van der Waals surface area contributed by atoms with E-state index in [-0.39, 0.29) is 11.3 Å². The Morgan fingerprint density at radius 1 is 1.00 bits per heavy atom. The summed E-state index contributed by atoms with van der Waals surface area (Å²) in [4.78, 5) is 16.4. The van der Waals surface area contributed by atoms with Crippen molar-refractivity contribution < 1.29 is 9.18 Å². The standard InChI is InChI=1S/C20H23FN2O/c1-16(24)20-18(21)9-5-10-19(20)23-12-6-11-22(13-14-23)15-17-7-3-2-4-8-17/h2-5,7-10H,6,11-15H2,1H3. The van der Waals surface area contributed by atoms with Crippen molar-refractivity contribution in [1.29, 1.82) is 0 Å². The molecule has 2 aromatic carbocycles. The lowest BCUT2D eigenvalue weighted by molar-refractivity contribution is 0.101. The Kier molecular flexibility index (Phi) is 5.26. The molecule has 0 spiro atoms. The summed E-state index contributed by atoms with van der Waals surface area (Å²) in [6.07, 6.45) is 1.00. The molecule has 3 rings (SSSR count). The molecule has 0 saturated carbocycles. The molecule has 1 aliphatic heterocycles. The molecular formula is C20H23FN2O. The maximum atomic E-state index is 14.1. The van der Waals surface area contributed by atoms with E-state index >= 15 is 0 Å². The van der Waals surface area contributed by atoms with Crippen LogP contribution in [-0.4, -0.2) is 36.9 Å². The van der Waals surface area contributed by atoms with Gasteiger partial charge in [0.25, 0.3) is 0 Å². The van der Waals surface area contributed by atoms with Crippen molar-refractivity contribution >= 4 is 11.5 Å². The van der Waals surface area contributed by atoms with Crippen molar-refractivity contribution in [3.63, 3.8) is 0 Å². The molecule has 0 atom stereocenters. The normalized spacial score (nSPS) is 16.0. The molecule has 4 heteroatoms. The van der Waals surface area contributed by atoms with Gasteiger partial charge in [0.1, 0.15) is 5.82 Å². The van der Waals surface area contributed by atoms with Crippen molar-refractivity contribution in [1.82, 2.24) is 4.90 Å². The van der Waals surface area contributed by atoms with E-state index in [0.717, 1.165) is 44.8 Å². The fourth-order valence-corrected chi connectivity index (χ4v) is 3.34. The number of hydrogen-bond acceptors (Lipinski definition) is 3. The molecule has 1 fully saturated rings. The fourth-order valence-electron chi connectivity index (χ4n) is 3.34. The number of benzene rings is 2. The van der Waals surface area contributed by atoms with Crippen LogP contribution in [0.3, 0.4) is 0 Å². The lowest BCUT2D eigenvalue weighted by Gasteiger charge is -2.25. The summed E-state index contributed by atoms with van der Waals surface area (Å²) < 4.78 is 14.1. The van der Waals surface area contributed by atoms with Crippen LogP contribution in [-0.2, 0) is 6.54 Å². The van der Waals surface area contributed by atoms with E-state index in [1.165, 1.54) is 18.6 Å². The smallest absolute Gasteiger partial charge is 0.164 e. The minimum absolute atomic E-state index is 0.214. The minimum Gasteiger partial charge on any atom is -0.370 e. The van der Waals surface area contributed by atoms with Crippen molar-refractivity contribution in [2.75, 3.05) is 31.1 Å². The van der Waals surface area contributed by atoms with E-state index < -0.39 is 5.82 Å². The molecule has 0 amide bonds. The molecule has 1 heterocycles. The van der Waals surface area contributed by atoms with Crippen molar-refractivity contribution in [2.45, 2.75) is 19.9 Å². The Bertz CT molecular complexity index is 702. The SMILES string of the molecule is CC(=O)c1c(F)cccc1N1CCCN(Cc2ccccc2)CC1. The highest BCUT2D eigenvalue weighted by molar-refractivity contribution is 6.00. The van der Waals surface area contributed by atoms with Crippen LogP contribution in [0.15, 0.2) is 48.5 Å². The molecule has 0 N–H and O–H groups in total. The second-order valence-corrected chi connectivity index (χ2v) is 6.29. The van der Waals surface area contributed by atoms with Gasteiger partial charge in [-0.3, -0.25) is 9.69 Å². The Labute approximate surface area is 142 Å². The van der Waals surface area contributed by atoms with Gasteiger partial charge in [-0.15, -0.1) is 0 Å². The first-order valence-corrected chi connectivity index (χ1v) is 8.46. The summed E-state index contributed by atoms with van der Waals surface area (Å²) in [7, 11) is 0. The van der Waals surface area contributed by atoms with Crippen LogP contribution in [0.5, 0.6) is 0 Å². The first-order chi connectivity index (χ1) is 11.6. The highest BCUT2D eigenvalue weighted by Crippen LogP contribution is 2.25. The van der Waals surface area contributed by atoms with Crippen molar-refractivity contribution in [3.8, 4) is 0 Å². The van der Waals surface area contributed by atoms with Gasteiger partial charge in [0.05, 0.1) is 11.3 Å². The molecule has 24 heavy (non-hydrogen) atoms. The summed E-state index contributed by atoms with van der Waals surface area (Å²) in [6.45, 7) is 5.92. The predicted octanol–water partition coefficient (Wildman–Crippen LogP) is 3.74. The number of halogens is 1. The average molecular weight is 326 g/mol. The first-order valence-electron chi connectivity index (χ1n) is 8.46. The summed E-state index contributed by atoms with van der Waals surface area (Å²) in [5.74, 6) is -0.640. The van der Waals surface area contributed by atoms with E-state index in [1.807, 2.05) is 12.1 Å². The van der Waals surface area contributed by atoms with Crippen molar-refractivity contribution in [3.05, 3.63) is 65.5 Å². The zero-order valence-electron chi connectivity index (χ0n) is 14.0. The van der Waals surface area contributed by atoms with Gasteiger partial charge in [-0.05, 0) is 31.0 Å². The zero-order valence-corrected chi connectivity index (χ0v) is 14.0. The third-order valence-corrected chi connectivity index (χ3v) is 4.52. The predicted molar refractivity (Wildman–Crippen MR) is 95.0 cm³/mol. The van der Waals surface area contributed by atoms with E-state index in [4.69, 9.17) is 0 Å². The maximum absolute atomic E-state index is 14.1. The monoisotopic (exact) mass is 326 g/mol. The number of nitrogens with zero attached hydrogens (tertiary/aromatic N) is 2. The highest BCUT2D eigenvalue weighted by Gasteiger charge is 2.21. The van der Waals surface area contributed by atoms with E-state index in [1.54, 1.807) is 6.07 Å². The number of Topliss-reactive ketones (excluding diaryl/α,β-unsaturated/α-hetero) is 1. The van der Waals surface area contributed by atoms with Crippen LogP contribution in [0.2, 0.25) is 0 Å². The fraction of sp³-hybridized carbons (Fsp3) is 0.350. The molecular weight excluding hydrogens is 303 g/mol. The van der Waals surface area contributed by atoms with Crippen LogP contribution in [0.1, 0.15) is 29.3 Å². The second kappa shape index (κ2) is 7.58. The molecule has 0 unspecified atom stereocenters. The van der Waals surface area contributed by atoms with Crippen LogP contribution in [0, 0.1) is 5.82 Å². The van der Waals surface area contributed by atoms with Gasteiger partial charge in [0, 0.05) is 32.7 Å². The Hall–Kier alpha value is -2.20. The van der Waals surface area contributed by atoms with Gasteiger partial charge >= 0.3 is 0 Å². The Balaban J connectivity index is 1.72. The summed E-state index contributed by atoms with van der Waals surface area (Å²) in [6, 6.07) is 15.3. The average Bonchev–Trinajstić information content (AvgIpc) is 2.81. The molecule has 1 aliphatic rings. The van der Waals surface area contributed by atoms with Crippen LogP contribution >= 0.6 is 0 Å². The van der Waals surface area contributed by atoms with E-state index in [9.17, 15) is 9.18 Å². The highest BCUT2D eigenvalue weighted by atomic mass is 19.1. The topological polar surface area (TPSA) is 23.6 Å². The minimum atomic E-state index is -0.426. The van der Waals surface area contributed by atoms with Crippen molar-refractivity contribution in [2.24, 2.45) is 0 Å². The molecule has 1 saturated heterocycles. The molecule has 126 valence electrons. The number of carbonyl (C=O) groups is 1. The number of ketones is 1. The lowest BCUT2D eigenvalue weighted by atomic mass is 10.1. The van der Waals surface area contributed by atoms with E-state index in [0.29, 0.717) is 0 Å². The second-order valence-electron chi connectivity index (χ2n) is 6.29. The lowest BCUT2D eigenvalue weighted by Crippen LogP contribution is -2.31. The van der Waals surface area contributed by atoms with Gasteiger partial charge in [0.15, 0.2) is 5.78 Å². The van der Waals surface area contributed by atoms with Crippen LogP contribution in [0.25, 0.3) is 0 Å². The first kappa shape index (κ1) is 16.7. The third kappa shape index (κ3) is 3.82. The molecule has 2 aromatic rings. The Morgan fingerprint density at radius 3 is 2.54 bits per heavy atom. The summed E-state index contributed by atoms with van der Waals surface area (Å²) in [5.41, 5.74) is 2.25. The van der Waals surface area contributed by atoms with E-state index in [2.05, 4.69) is 34.1 Å². The third-order valence-electron chi connectivity index (χ3n) is 4.52. The maximum Gasteiger partial charge on any atom is 0.164 e. The quantitative estimate of drug-likeness (QED) is 0.800. The van der Waals surface area contributed by atoms with Gasteiger partial charge in [-0.25, -0.2) is 4.39 Å². The zero-order chi connectivity index (χ0) is 16.9. The summed E-state index contributed by atoms with van der Waals surface area (Å²) >= 11 is 0. The number of rotatable bonds is 4. The molecule has 3 nitrogen and oxygen atoms in total. The number of hydrogen-bond donors (Lipinski definition) is 0. The van der Waals surface area contributed by atoms with Gasteiger partial charge in [-0.1, -0.05) is 36.4 Å². The molecule has 0 radical (unpaired) electrons. The molecule has 0 aromatic heterocycles. The number of anilines is 1.